The van der Waals surface area contributed by atoms with E-state index in [0.717, 1.165) is 0 Å². The van der Waals surface area contributed by atoms with E-state index in [1.807, 2.05) is 0 Å². The molecule has 1 rings (SSSR count). The molecule has 0 fully saturated rings. The lowest BCUT2D eigenvalue weighted by molar-refractivity contribution is 0.101. The fraction of sp³-hybridized carbons (Fsp3) is 0.200. The third-order valence-corrected chi connectivity index (χ3v) is 2.59. The van der Waals surface area contributed by atoms with Gasteiger partial charge in [-0.05, 0) is 40.4 Å². The minimum atomic E-state index is -0.0780. The van der Waals surface area contributed by atoms with Crippen molar-refractivity contribution in [1.29, 1.82) is 0 Å². The fourth-order valence-corrected chi connectivity index (χ4v) is 1.56. The lowest BCUT2D eigenvalue weighted by atomic mass is 10.1. The van der Waals surface area contributed by atoms with Gasteiger partial charge in [-0.3, -0.25) is 9.59 Å². The van der Waals surface area contributed by atoms with Gasteiger partial charge in [0.05, 0.1) is 0 Å². The van der Waals surface area contributed by atoms with Crippen molar-refractivity contribution in [3.05, 3.63) is 29.3 Å². The number of anilines is 1. The molecule has 1 aromatic carbocycles. The van der Waals surface area contributed by atoms with Crippen molar-refractivity contribution >= 4 is 25.6 Å². The van der Waals surface area contributed by atoms with E-state index in [2.05, 4.69) is 0 Å². The minimum Gasteiger partial charge on any atom is -0.399 e. The lowest BCUT2D eigenvalue weighted by Crippen LogP contribution is -2.00. The molecule has 0 aromatic heterocycles. The second-order valence-corrected chi connectivity index (χ2v) is 3.93. The van der Waals surface area contributed by atoms with E-state index in [1.165, 1.54) is 6.92 Å². The molecule has 1 atom stereocenters. The van der Waals surface area contributed by atoms with Crippen LogP contribution in [0.1, 0.15) is 27.6 Å². The Bertz CT molecular complexity index is 388. The quantitative estimate of drug-likeness (QED) is 0.470. The third kappa shape index (κ3) is 2.39. The number of hydrogen-bond acceptors (Lipinski definition) is 3. The van der Waals surface area contributed by atoms with Gasteiger partial charge in [0.1, 0.15) is 0 Å². The van der Waals surface area contributed by atoms with Gasteiger partial charge in [0.2, 0.25) is 0 Å². The van der Waals surface area contributed by atoms with Crippen LogP contribution in [0.2, 0.25) is 0 Å². The number of hydrogen-bond donors (Lipinski definition) is 1. The number of nitrogen functional groups attached to an aromatic ring is 1. The molecule has 4 heteroatoms. The molecule has 0 aliphatic rings. The molecule has 1 aromatic rings. The first-order chi connectivity index (χ1) is 6.54. The molecule has 14 heavy (non-hydrogen) atoms. The van der Waals surface area contributed by atoms with Gasteiger partial charge in [-0.25, -0.2) is 0 Å². The predicted molar refractivity (Wildman–Crippen MR) is 59.4 cm³/mol. The summed E-state index contributed by atoms with van der Waals surface area (Å²) in [6.45, 7) is 3.26. The van der Waals surface area contributed by atoms with Gasteiger partial charge in [0.25, 0.3) is 0 Å². The Kier molecular flexibility index (Phi) is 3.37. The highest BCUT2D eigenvalue weighted by molar-refractivity contribution is 7.58. The topological polar surface area (TPSA) is 60.2 Å². The molecule has 0 spiro atoms. The summed E-state index contributed by atoms with van der Waals surface area (Å²) < 4.78 is 0. The van der Waals surface area contributed by atoms with Crippen LogP contribution in [0, 0.1) is 0 Å². The molecule has 0 radical (unpaired) electrons. The molecule has 0 saturated carbocycles. The van der Waals surface area contributed by atoms with E-state index < -0.39 is 0 Å². The summed E-state index contributed by atoms with van der Waals surface area (Å²) in [4.78, 5) is 22.5. The first kappa shape index (κ1) is 10.9. The van der Waals surface area contributed by atoms with Crippen molar-refractivity contribution in [3.63, 3.8) is 0 Å². The second kappa shape index (κ2) is 4.34. The number of nitrogens with two attached hydrogens (primary N) is 1. The Balaban J connectivity index is 3.20. The molecule has 0 heterocycles. The van der Waals surface area contributed by atoms with E-state index in [4.69, 9.17) is 5.73 Å². The largest absolute Gasteiger partial charge is 0.399 e. The van der Waals surface area contributed by atoms with E-state index >= 15 is 0 Å². The van der Waals surface area contributed by atoms with E-state index in [1.54, 1.807) is 24.9 Å². The monoisotopic (exact) mass is 209 g/mol. The van der Waals surface area contributed by atoms with Crippen LogP contribution in [-0.4, -0.2) is 18.0 Å². The SMILES string of the molecule is CPC(=O)c1cc(N)cc(C(C)=O)c1. The lowest BCUT2D eigenvalue weighted by Gasteiger charge is -2.03. The Morgan fingerprint density at radius 2 is 1.79 bits per heavy atom. The fourth-order valence-electron chi connectivity index (χ4n) is 1.13. The molecule has 0 bridgehead atoms. The molecule has 3 nitrogen and oxygen atoms in total. The van der Waals surface area contributed by atoms with Crippen molar-refractivity contribution in [2.45, 2.75) is 6.92 Å². The number of ketones is 1. The first-order valence-corrected chi connectivity index (χ1v) is 5.68. The third-order valence-electron chi connectivity index (χ3n) is 1.85. The van der Waals surface area contributed by atoms with Crippen LogP contribution >= 0.6 is 8.58 Å². The average molecular weight is 209 g/mol. The zero-order valence-corrected chi connectivity index (χ0v) is 9.13. The van der Waals surface area contributed by atoms with Crippen LogP contribution in [0.25, 0.3) is 0 Å². The van der Waals surface area contributed by atoms with Crippen LogP contribution in [0.5, 0.6) is 0 Å². The molecule has 0 aliphatic carbocycles. The smallest absolute Gasteiger partial charge is 0.180 e. The Morgan fingerprint density at radius 3 is 2.29 bits per heavy atom. The number of carbonyl (C=O) groups excluding carboxylic acids is 2. The van der Waals surface area contributed by atoms with Gasteiger partial charge in [-0.1, -0.05) is 0 Å². The van der Waals surface area contributed by atoms with Crippen molar-refractivity contribution in [1.82, 2.24) is 0 Å². The maximum absolute atomic E-state index is 11.4. The Hall–Kier alpha value is -1.21. The molecule has 1 unspecified atom stereocenters. The Labute approximate surface area is 84.5 Å². The number of carbonyl (C=O) groups is 2. The maximum atomic E-state index is 11.4. The minimum absolute atomic E-state index is 0.0276. The molecule has 0 amide bonds. The van der Waals surface area contributed by atoms with Gasteiger partial charge in [0.15, 0.2) is 11.3 Å². The first-order valence-electron chi connectivity index (χ1n) is 4.18. The van der Waals surface area contributed by atoms with Gasteiger partial charge < -0.3 is 5.73 Å². The highest BCUT2D eigenvalue weighted by atomic mass is 31.1. The molecular weight excluding hydrogens is 197 g/mol. The molecule has 2 N–H and O–H groups in total. The van der Waals surface area contributed by atoms with Crippen LogP contribution in [0.4, 0.5) is 5.69 Å². The van der Waals surface area contributed by atoms with E-state index in [-0.39, 0.29) is 19.9 Å². The number of Topliss-reactive ketones (excluding diaryl/α,β-unsaturated/α-hetero) is 1. The van der Waals surface area contributed by atoms with Crippen molar-refractivity contribution in [3.8, 4) is 0 Å². The zero-order chi connectivity index (χ0) is 10.7. The summed E-state index contributed by atoms with van der Waals surface area (Å²) in [5, 5.41) is 0. The van der Waals surface area contributed by atoms with E-state index in [9.17, 15) is 9.59 Å². The van der Waals surface area contributed by atoms with Crippen molar-refractivity contribution in [2.75, 3.05) is 12.4 Å². The summed E-state index contributed by atoms with van der Waals surface area (Å²) in [6.07, 6.45) is 0. The van der Waals surface area contributed by atoms with Crippen molar-refractivity contribution in [2.24, 2.45) is 0 Å². The summed E-state index contributed by atoms with van der Waals surface area (Å²) in [5.74, 6) is -0.0780. The maximum Gasteiger partial charge on any atom is 0.180 e. The van der Waals surface area contributed by atoms with Gasteiger partial charge >= 0.3 is 0 Å². The summed E-state index contributed by atoms with van der Waals surface area (Å²) in [6, 6.07) is 4.78. The van der Waals surface area contributed by atoms with Crippen LogP contribution in [-0.2, 0) is 0 Å². The van der Waals surface area contributed by atoms with Gasteiger partial charge in [-0.2, -0.15) is 0 Å². The standard InChI is InChI=1S/C10H12NO2P/c1-6(12)7-3-8(10(13)14-2)5-9(11)4-7/h3-5,14H,11H2,1-2H3. The number of rotatable bonds is 3. The van der Waals surface area contributed by atoms with Gasteiger partial charge in [-0.15, -0.1) is 0 Å². The Morgan fingerprint density at radius 1 is 1.21 bits per heavy atom. The second-order valence-electron chi connectivity index (χ2n) is 2.98. The zero-order valence-electron chi connectivity index (χ0n) is 8.13. The van der Waals surface area contributed by atoms with Crippen LogP contribution < -0.4 is 5.73 Å². The predicted octanol–water partition coefficient (Wildman–Crippen LogP) is 1.92. The molecule has 0 saturated heterocycles. The summed E-state index contributed by atoms with van der Waals surface area (Å²) in [7, 11) is 0.190. The molecular formula is C10H12NO2P. The average Bonchev–Trinajstić information content (AvgIpc) is 2.15. The van der Waals surface area contributed by atoms with E-state index in [0.29, 0.717) is 16.8 Å². The highest BCUT2D eigenvalue weighted by Crippen LogP contribution is 2.19. The highest BCUT2D eigenvalue weighted by Gasteiger charge is 2.07. The summed E-state index contributed by atoms with van der Waals surface area (Å²) in [5.41, 5.74) is 7.09. The van der Waals surface area contributed by atoms with Crippen molar-refractivity contribution < 1.29 is 9.59 Å². The van der Waals surface area contributed by atoms with Gasteiger partial charge in [0, 0.05) is 16.8 Å². The number of benzene rings is 1. The van der Waals surface area contributed by atoms with Crippen LogP contribution in [0.3, 0.4) is 0 Å². The summed E-state index contributed by atoms with van der Waals surface area (Å²) >= 11 is 0. The molecule has 74 valence electrons. The molecule has 0 aliphatic heterocycles. The normalized spacial score (nSPS) is 10.7. The van der Waals surface area contributed by atoms with Crippen LogP contribution in [0.15, 0.2) is 18.2 Å².